The Hall–Kier alpha value is -5.01. The van der Waals surface area contributed by atoms with Gasteiger partial charge in [-0.05, 0) is 123 Å². The monoisotopic (exact) mass is 592 g/mol. The number of carbonyl (C=O) groups excluding carboxylic acids is 1. The molecule has 0 aliphatic carbocycles. The van der Waals surface area contributed by atoms with Gasteiger partial charge >= 0.3 is 0 Å². The molecule has 3 aliphatic rings. The van der Waals surface area contributed by atoms with Gasteiger partial charge in [0.15, 0.2) is 0 Å². The molecule has 5 aromatic rings. The summed E-state index contributed by atoms with van der Waals surface area (Å²) in [7, 11) is 2.26. The van der Waals surface area contributed by atoms with E-state index in [1.54, 1.807) is 12.4 Å². The van der Waals surface area contributed by atoms with E-state index in [4.69, 9.17) is 4.98 Å². The Labute approximate surface area is 263 Å². The molecule has 1 fully saturated rings. The molecule has 0 unspecified atom stereocenters. The molecule has 7 heteroatoms. The largest absolute Gasteiger partial charge is 0.355 e. The highest BCUT2D eigenvalue weighted by Gasteiger charge is 2.34. The number of benzene rings is 3. The van der Waals surface area contributed by atoms with Gasteiger partial charge in [-0.3, -0.25) is 19.7 Å². The van der Waals surface area contributed by atoms with Gasteiger partial charge < -0.3 is 15.5 Å². The molecule has 1 saturated heterocycles. The number of aromatic nitrogens is 2. The van der Waals surface area contributed by atoms with Crippen molar-refractivity contribution in [3.05, 3.63) is 119 Å². The molecule has 0 saturated carbocycles. The van der Waals surface area contributed by atoms with Gasteiger partial charge in [-0.15, -0.1) is 0 Å². The molecular weight excluding hydrogens is 556 g/mol. The molecule has 2 atom stereocenters. The lowest BCUT2D eigenvalue weighted by Gasteiger charge is -2.30. The van der Waals surface area contributed by atoms with E-state index in [0.717, 1.165) is 68.1 Å². The van der Waals surface area contributed by atoms with E-state index in [0.29, 0.717) is 18.6 Å². The van der Waals surface area contributed by atoms with Gasteiger partial charge in [0.2, 0.25) is 0 Å². The van der Waals surface area contributed by atoms with Crippen LogP contribution in [-0.2, 0) is 6.54 Å². The van der Waals surface area contributed by atoms with Crippen molar-refractivity contribution >= 4 is 50.8 Å². The maximum absolute atomic E-state index is 13.6. The lowest BCUT2D eigenvalue weighted by Crippen LogP contribution is -2.34. The second-order valence-electron chi connectivity index (χ2n) is 12.7. The summed E-state index contributed by atoms with van der Waals surface area (Å²) in [5, 5.41) is 8.21. The van der Waals surface area contributed by atoms with Crippen LogP contribution in [0.4, 0.5) is 28.4 Å². The van der Waals surface area contributed by atoms with Crippen LogP contribution in [0.5, 0.6) is 0 Å². The first-order valence-electron chi connectivity index (χ1n) is 15.7. The van der Waals surface area contributed by atoms with E-state index in [9.17, 15) is 4.79 Å². The first-order chi connectivity index (χ1) is 21.9. The summed E-state index contributed by atoms with van der Waals surface area (Å²) in [6.45, 7) is 4.62. The standard InChI is InChI=1S/C38H36N6O/c1-23-4-6-30(21-37(23)44-22-27-17-29(7-10-33(27)38(44)45)41-28-12-14-39-15-13-28)42-36-16-24(2)40-35-11-5-25(20-34(35)36)26-18-31-8-9-32(19-26)43(31)3/h4-7,10-18,20-21,31-32H,8-9,19,22H2,1-3H3,(H,39,41)(H,40,42)/t31-,32+/m0/s1. The Morgan fingerprint density at radius 3 is 2.51 bits per heavy atom. The maximum Gasteiger partial charge on any atom is 0.258 e. The van der Waals surface area contributed by atoms with Crippen molar-refractivity contribution in [1.29, 1.82) is 0 Å². The van der Waals surface area contributed by atoms with Crippen molar-refractivity contribution in [2.45, 2.75) is 51.7 Å². The van der Waals surface area contributed by atoms with Gasteiger partial charge in [0, 0.05) is 69.6 Å². The molecule has 224 valence electrons. The fourth-order valence-electron chi connectivity index (χ4n) is 7.25. The summed E-state index contributed by atoms with van der Waals surface area (Å²) in [4.78, 5) is 27.0. The van der Waals surface area contributed by atoms with Gasteiger partial charge in [-0.2, -0.15) is 0 Å². The third-order valence-corrected chi connectivity index (χ3v) is 9.71. The summed E-state index contributed by atoms with van der Waals surface area (Å²) in [5.74, 6) is 0.0240. The van der Waals surface area contributed by atoms with E-state index < -0.39 is 0 Å². The second kappa shape index (κ2) is 10.9. The van der Waals surface area contributed by atoms with Crippen molar-refractivity contribution in [3.63, 3.8) is 0 Å². The Balaban J connectivity index is 1.08. The van der Waals surface area contributed by atoms with Gasteiger partial charge in [-0.25, -0.2) is 0 Å². The summed E-state index contributed by atoms with van der Waals surface area (Å²) >= 11 is 0. The highest BCUT2D eigenvalue weighted by Crippen LogP contribution is 2.40. The fraction of sp³-hybridized carbons (Fsp3) is 0.237. The lowest BCUT2D eigenvalue weighted by molar-refractivity contribution is 0.0996. The van der Waals surface area contributed by atoms with Crippen molar-refractivity contribution in [2.24, 2.45) is 0 Å². The van der Waals surface area contributed by atoms with Crippen LogP contribution in [0, 0.1) is 13.8 Å². The van der Waals surface area contributed by atoms with E-state index in [1.807, 2.05) is 36.1 Å². The molecule has 5 heterocycles. The number of nitrogens with one attached hydrogen (secondary N) is 2. The average molecular weight is 593 g/mol. The number of amides is 1. The van der Waals surface area contributed by atoms with Gasteiger partial charge in [0.1, 0.15) is 0 Å². The van der Waals surface area contributed by atoms with Crippen LogP contribution in [0.1, 0.15) is 52.0 Å². The van der Waals surface area contributed by atoms with Crippen LogP contribution < -0.4 is 15.5 Å². The van der Waals surface area contributed by atoms with Gasteiger partial charge in [-0.1, -0.05) is 18.2 Å². The number of aryl methyl sites for hydroxylation is 2. The Kier molecular flexibility index (Phi) is 6.64. The van der Waals surface area contributed by atoms with Crippen LogP contribution in [0.15, 0.2) is 91.3 Å². The predicted octanol–water partition coefficient (Wildman–Crippen LogP) is 8.14. The number of hydrogen-bond donors (Lipinski definition) is 2. The highest BCUT2D eigenvalue weighted by atomic mass is 16.2. The quantitative estimate of drug-likeness (QED) is 0.207. The minimum absolute atomic E-state index is 0.0240. The Morgan fingerprint density at radius 1 is 0.844 bits per heavy atom. The third kappa shape index (κ3) is 5.03. The van der Waals surface area contributed by atoms with Crippen molar-refractivity contribution in [3.8, 4) is 0 Å². The number of likely N-dealkylation sites (N-methyl/N-ethyl adjacent to an activating group) is 1. The SMILES string of the molecule is Cc1cc(Nc2ccc(C)c(N3Cc4cc(Nc5ccncc5)ccc4C3=O)c2)c2cc(C3=C[C@@H]4CC[C@H](C3)N4C)ccc2n1. The van der Waals surface area contributed by atoms with E-state index in [2.05, 4.69) is 89.1 Å². The number of anilines is 5. The number of carbonyl (C=O) groups is 1. The molecule has 2 aromatic heterocycles. The number of pyridine rings is 2. The van der Waals surface area contributed by atoms with Crippen LogP contribution in [0.2, 0.25) is 0 Å². The molecule has 8 rings (SSSR count). The van der Waals surface area contributed by atoms with E-state index >= 15 is 0 Å². The first-order valence-corrected chi connectivity index (χ1v) is 15.7. The van der Waals surface area contributed by atoms with Crippen LogP contribution >= 0.6 is 0 Å². The zero-order valence-electron chi connectivity index (χ0n) is 25.8. The molecule has 1 amide bonds. The van der Waals surface area contributed by atoms with Crippen LogP contribution in [0.3, 0.4) is 0 Å². The van der Waals surface area contributed by atoms with Crippen LogP contribution in [-0.4, -0.2) is 39.9 Å². The Bertz CT molecular complexity index is 2000. The number of hydrogen-bond acceptors (Lipinski definition) is 6. The average Bonchev–Trinajstić information content (AvgIpc) is 3.44. The molecule has 0 spiro atoms. The predicted molar refractivity (Wildman–Crippen MR) is 183 cm³/mol. The zero-order chi connectivity index (χ0) is 30.7. The molecule has 2 N–H and O–H groups in total. The molecule has 45 heavy (non-hydrogen) atoms. The van der Waals surface area contributed by atoms with E-state index in [-0.39, 0.29) is 5.91 Å². The smallest absolute Gasteiger partial charge is 0.258 e. The van der Waals surface area contributed by atoms with Crippen molar-refractivity contribution in [1.82, 2.24) is 14.9 Å². The van der Waals surface area contributed by atoms with Crippen LogP contribution in [0.25, 0.3) is 16.5 Å². The molecule has 0 radical (unpaired) electrons. The fourth-order valence-corrected chi connectivity index (χ4v) is 7.25. The summed E-state index contributed by atoms with van der Waals surface area (Å²) < 4.78 is 0. The summed E-state index contributed by atoms with van der Waals surface area (Å²) in [5.41, 5.74) is 12.3. The zero-order valence-corrected chi connectivity index (χ0v) is 25.8. The van der Waals surface area contributed by atoms with Crippen molar-refractivity contribution < 1.29 is 4.79 Å². The number of rotatable bonds is 6. The molecule has 7 nitrogen and oxygen atoms in total. The van der Waals surface area contributed by atoms with Gasteiger partial charge in [0.25, 0.3) is 5.91 Å². The van der Waals surface area contributed by atoms with Crippen molar-refractivity contribution in [2.75, 3.05) is 22.6 Å². The summed E-state index contributed by atoms with van der Waals surface area (Å²) in [6.07, 6.45) is 9.60. The molecule has 2 bridgehead atoms. The molecular formula is C38H36N6O. The minimum atomic E-state index is 0.0240. The molecule has 3 aliphatic heterocycles. The van der Waals surface area contributed by atoms with Gasteiger partial charge in [0.05, 0.1) is 12.1 Å². The third-order valence-electron chi connectivity index (χ3n) is 9.71. The Morgan fingerprint density at radius 2 is 1.67 bits per heavy atom. The number of nitrogens with zero attached hydrogens (tertiary/aromatic N) is 4. The molecule has 3 aromatic carbocycles. The van der Waals surface area contributed by atoms with E-state index in [1.165, 1.54) is 24.0 Å². The summed E-state index contributed by atoms with van der Waals surface area (Å²) in [6, 6.07) is 26.1. The minimum Gasteiger partial charge on any atom is -0.355 e. The highest BCUT2D eigenvalue weighted by molar-refractivity contribution is 6.11. The topological polar surface area (TPSA) is 73.4 Å². The lowest BCUT2D eigenvalue weighted by atomic mass is 9.94. The second-order valence-corrected chi connectivity index (χ2v) is 12.7. The maximum atomic E-state index is 13.6. The number of fused-ring (bicyclic) bond motifs is 4. The first kappa shape index (κ1) is 27.5. The normalized spacial score (nSPS) is 19.1.